The monoisotopic (exact) mass is 459 g/mol. The largest absolute Gasteiger partial charge is 0.466 e. The van der Waals surface area contributed by atoms with Crippen LogP contribution in [-0.4, -0.2) is 41.0 Å². The first-order valence-electron chi connectivity index (χ1n) is 9.91. The summed E-state index contributed by atoms with van der Waals surface area (Å²) in [7, 11) is 0. The number of rotatable bonds is 2. The Bertz CT molecular complexity index is 922. The van der Waals surface area contributed by atoms with Gasteiger partial charge in [0.1, 0.15) is 5.75 Å². The molecule has 0 saturated carbocycles. The van der Waals surface area contributed by atoms with Crippen LogP contribution in [0.25, 0.3) is 0 Å². The molecule has 1 atom stereocenters. The Morgan fingerprint density at radius 3 is 2.64 bits per heavy atom. The second-order valence-electron chi connectivity index (χ2n) is 7.78. The lowest BCUT2D eigenvalue weighted by molar-refractivity contribution is -0.149. The van der Waals surface area contributed by atoms with Crippen molar-refractivity contribution in [2.75, 3.05) is 19.6 Å². The molecule has 0 amide bonds. The van der Waals surface area contributed by atoms with Crippen LogP contribution in [0.5, 0.6) is 5.75 Å². The van der Waals surface area contributed by atoms with E-state index in [1.165, 1.54) is 5.56 Å². The maximum absolute atomic E-state index is 6.68. The number of hydrogen-bond acceptors (Lipinski definition) is 4. The van der Waals surface area contributed by atoms with Gasteiger partial charge < -0.3 is 9.64 Å². The molecule has 2 aromatic rings. The number of fused-ring (bicyclic) bond motifs is 4. The number of likely N-dealkylation sites (tertiary alicyclic amines) is 1. The Kier molecular flexibility index (Phi) is 4.65. The molecule has 3 aliphatic heterocycles. The summed E-state index contributed by atoms with van der Waals surface area (Å²) in [5.74, 6) is 1.00. The van der Waals surface area contributed by atoms with Crippen molar-refractivity contribution >= 4 is 33.2 Å². The van der Waals surface area contributed by atoms with Gasteiger partial charge in [-0.2, -0.15) is 5.10 Å². The van der Waals surface area contributed by atoms with Crippen molar-refractivity contribution in [3.8, 4) is 5.75 Å². The van der Waals surface area contributed by atoms with E-state index < -0.39 is 0 Å². The van der Waals surface area contributed by atoms with E-state index in [0.717, 1.165) is 65.4 Å². The van der Waals surface area contributed by atoms with Gasteiger partial charge in [0.15, 0.2) is 0 Å². The SMILES string of the molecule is CCN1CCC2(CC1)Oc1ccc(Br)cc1[C@@H]1CC(c3ccc(Cl)cc3)=NN12. The molecule has 0 unspecified atom stereocenters. The van der Waals surface area contributed by atoms with E-state index in [2.05, 4.69) is 63.1 Å². The second-order valence-corrected chi connectivity index (χ2v) is 9.13. The van der Waals surface area contributed by atoms with Crippen molar-refractivity contribution < 1.29 is 4.74 Å². The van der Waals surface area contributed by atoms with Gasteiger partial charge in [-0.05, 0) is 42.4 Å². The van der Waals surface area contributed by atoms with Gasteiger partial charge in [-0.1, -0.05) is 46.6 Å². The number of halogens is 2. The summed E-state index contributed by atoms with van der Waals surface area (Å²) < 4.78 is 7.75. The predicted octanol–water partition coefficient (Wildman–Crippen LogP) is 5.46. The minimum Gasteiger partial charge on any atom is -0.466 e. The van der Waals surface area contributed by atoms with Crippen LogP contribution in [0.1, 0.15) is 43.4 Å². The maximum atomic E-state index is 6.68. The third kappa shape index (κ3) is 3.04. The zero-order valence-corrected chi connectivity index (χ0v) is 18.2. The molecule has 6 heteroatoms. The lowest BCUT2D eigenvalue weighted by atomic mass is 9.91. The first kappa shape index (κ1) is 18.5. The number of benzene rings is 2. The van der Waals surface area contributed by atoms with Crippen molar-refractivity contribution in [2.24, 2.45) is 5.10 Å². The molecule has 5 rings (SSSR count). The first-order valence-corrected chi connectivity index (χ1v) is 11.1. The lowest BCUT2D eigenvalue weighted by Crippen LogP contribution is -2.59. The fourth-order valence-electron chi connectivity index (χ4n) is 4.62. The first-order chi connectivity index (χ1) is 13.6. The summed E-state index contributed by atoms with van der Waals surface area (Å²) in [4.78, 5) is 2.49. The molecule has 4 nitrogen and oxygen atoms in total. The van der Waals surface area contributed by atoms with Crippen LogP contribution in [0.4, 0.5) is 0 Å². The normalized spacial score (nSPS) is 23.2. The third-order valence-electron chi connectivity index (χ3n) is 6.22. The van der Waals surface area contributed by atoms with Gasteiger partial charge in [0.25, 0.3) is 0 Å². The number of nitrogens with zero attached hydrogens (tertiary/aromatic N) is 3. The number of ether oxygens (including phenoxy) is 1. The zero-order chi connectivity index (χ0) is 19.3. The molecule has 0 bridgehead atoms. The summed E-state index contributed by atoms with van der Waals surface area (Å²) in [5, 5.41) is 8.13. The summed E-state index contributed by atoms with van der Waals surface area (Å²) in [5.41, 5.74) is 3.10. The van der Waals surface area contributed by atoms with Crippen molar-refractivity contribution in [2.45, 2.75) is 38.0 Å². The molecule has 2 aromatic carbocycles. The van der Waals surface area contributed by atoms with E-state index in [4.69, 9.17) is 21.4 Å². The standard InChI is InChI=1S/C22H23BrClN3O/c1-2-26-11-9-22(10-12-26)27-20(18-13-16(23)5-8-21(18)28-22)14-19(25-27)15-3-6-17(24)7-4-15/h3-8,13,20H,2,9-12,14H2,1H3/t20-/m0/s1. The van der Waals surface area contributed by atoms with Crippen LogP contribution >= 0.6 is 27.5 Å². The summed E-state index contributed by atoms with van der Waals surface area (Å²) in [6.45, 7) is 5.39. The Labute approximate surface area is 179 Å². The van der Waals surface area contributed by atoms with E-state index in [0.29, 0.717) is 0 Å². The van der Waals surface area contributed by atoms with Gasteiger partial charge in [0, 0.05) is 47.4 Å². The molecule has 1 fully saturated rings. The third-order valence-corrected chi connectivity index (χ3v) is 6.97. The van der Waals surface area contributed by atoms with Crippen molar-refractivity contribution in [3.63, 3.8) is 0 Å². The minimum atomic E-state index is -0.356. The van der Waals surface area contributed by atoms with E-state index in [-0.39, 0.29) is 11.8 Å². The van der Waals surface area contributed by atoms with E-state index in [9.17, 15) is 0 Å². The quantitative estimate of drug-likeness (QED) is 0.596. The predicted molar refractivity (Wildman–Crippen MR) is 116 cm³/mol. The van der Waals surface area contributed by atoms with Crippen LogP contribution in [0, 0.1) is 0 Å². The number of hydrazone groups is 1. The Balaban J connectivity index is 1.56. The van der Waals surface area contributed by atoms with Gasteiger partial charge >= 0.3 is 0 Å². The molecular formula is C22H23BrClN3O. The van der Waals surface area contributed by atoms with Gasteiger partial charge in [0.05, 0.1) is 11.8 Å². The molecule has 3 heterocycles. The highest BCUT2D eigenvalue weighted by atomic mass is 79.9. The highest BCUT2D eigenvalue weighted by Gasteiger charge is 2.51. The molecule has 0 radical (unpaired) electrons. The molecule has 146 valence electrons. The number of hydrogen-bond donors (Lipinski definition) is 0. The van der Waals surface area contributed by atoms with Crippen LogP contribution in [0.2, 0.25) is 5.02 Å². The molecule has 0 N–H and O–H groups in total. The fourth-order valence-corrected chi connectivity index (χ4v) is 5.12. The lowest BCUT2D eigenvalue weighted by Gasteiger charge is -2.51. The summed E-state index contributed by atoms with van der Waals surface area (Å²) in [6.07, 6.45) is 2.81. The van der Waals surface area contributed by atoms with E-state index in [1.54, 1.807) is 0 Å². The molecule has 0 aliphatic carbocycles. The zero-order valence-electron chi connectivity index (χ0n) is 15.9. The summed E-state index contributed by atoms with van der Waals surface area (Å²) >= 11 is 9.72. The molecule has 0 aromatic heterocycles. The average molecular weight is 461 g/mol. The maximum Gasteiger partial charge on any atom is 0.200 e. The van der Waals surface area contributed by atoms with E-state index >= 15 is 0 Å². The average Bonchev–Trinajstić information content (AvgIpc) is 3.17. The Hall–Kier alpha value is -1.56. The van der Waals surface area contributed by atoms with Crippen molar-refractivity contribution in [1.82, 2.24) is 9.91 Å². The molecule has 28 heavy (non-hydrogen) atoms. The highest BCUT2D eigenvalue weighted by Crippen LogP contribution is 2.50. The summed E-state index contributed by atoms with van der Waals surface area (Å²) in [6, 6.07) is 14.6. The smallest absolute Gasteiger partial charge is 0.200 e. The topological polar surface area (TPSA) is 28.1 Å². The Morgan fingerprint density at radius 2 is 1.93 bits per heavy atom. The van der Waals surface area contributed by atoms with Crippen LogP contribution < -0.4 is 4.74 Å². The van der Waals surface area contributed by atoms with Gasteiger partial charge in [-0.3, -0.25) is 0 Å². The molecule has 1 saturated heterocycles. The van der Waals surface area contributed by atoms with Crippen LogP contribution in [0.3, 0.4) is 0 Å². The number of piperidine rings is 1. The van der Waals surface area contributed by atoms with Crippen molar-refractivity contribution in [1.29, 1.82) is 0 Å². The second kappa shape index (κ2) is 7.05. The Morgan fingerprint density at radius 1 is 1.18 bits per heavy atom. The van der Waals surface area contributed by atoms with Crippen LogP contribution in [0.15, 0.2) is 52.0 Å². The highest BCUT2D eigenvalue weighted by molar-refractivity contribution is 9.10. The fraction of sp³-hybridized carbons (Fsp3) is 0.409. The van der Waals surface area contributed by atoms with E-state index in [1.807, 2.05) is 12.1 Å². The minimum absolute atomic E-state index is 0.208. The van der Waals surface area contributed by atoms with Gasteiger partial charge in [-0.25, -0.2) is 5.01 Å². The van der Waals surface area contributed by atoms with Crippen molar-refractivity contribution in [3.05, 3.63) is 63.1 Å². The van der Waals surface area contributed by atoms with Gasteiger partial charge in [0.2, 0.25) is 5.72 Å². The van der Waals surface area contributed by atoms with Crippen LogP contribution in [-0.2, 0) is 0 Å². The molecule has 3 aliphatic rings. The molecule has 1 spiro atoms. The molecular weight excluding hydrogens is 438 g/mol. The van der Waals surface area contributed by atoms with Gasteiger partial charge in [-0.15, -0.1) is 0 Å².